The van der Waals surface area contributed by atoms with E-state index in [1.54, 1.807) is 12.3 Å². The second-order valence-electron chi connectivity index (χ2n) is 6.63. The maximum Gasteiger partial charge on any atom is 0.174 e. The predicted octanol–water partition coefficient (Wildman–Crippen LogP) is 4.02. The van der Waals surface area contributed by atoms with E-state index in [4.69, 9.17) is 0 Å². The maximum atomic E-state index is 12.9. The Morgan fingerprint density at radius 2 is 1.71 bits per heavy atom. The van der Waals surface area contributed by atoms with E-state index in [2.05, 4.69) is 4.98 Å². The molecule has 2 aromatic rings. The van der Waals surface area contributed by atoms with Gasteiger partial charge in [0.05, 0.1) is 5.69 Å². The zero-order valence-corrected chi connectivity index (χ0v) is 14.5. The van der Waals surface area contributed by atoms with Gasteiger partial charge in [-0.25, -0.2) is 0 Å². The molecule has 0 bridgehead atoms. The van der Waals surface area contributed by atoms with Crippen molar-refractivity contribution in [3.05, 3.63) is 69.5 Å². The Kier molecular flexibility index (Phi) is 4.18. The average molecular weight is 319 g/mol. The minimum absolute atomic E-state index is 0.0186. The molecule has 0 spiro atoms. The number of carbonyl (C=O) groups excluding carboxylic acids is 2. The van der Waals surface area contributed by atoms with Gasteiger partial charge in [-0.3, -0.25) is 14.6 Å². The number of allylic oxidation sites excluding steroid dienone is 1. The van der Waals surface area contributed by atoms with Crippen LogP contribution in [0.3, 0.4) is 0 Å². The molecule has 3 nitrogen and oxygen atoms in total. The van der Waals surface area contributed by atoms with Gasteiger partial charge in [-0.2, -0.15) is 0 Å². The van der Waals surface area contributed by atoms with Gasteiger partial charge < -0.3 is 0 Å². The summed E-state index contributed by atoms with van der Waals surface area (Å²) in [7, 11) is 0. The first kappa shape index (κ1) is 16.3. The summed E-state index contributed by atoms with van der Waals surface area (Å²) in [5.74, 6) is -0.768. The molecule has 1 aromatic heterocycles. The Bertz CT molecular complexity index is 854. The molecule has 1 fully saturated rings. The van der Waals surface area contributed by atoms with E-state index < -0.39 is 5.92 Å². The largest absolute Gasteiger partial charge is 0.298 e. The fourth-order valence-corrected chi connectivity index (χ4v) is 3.58. The van der Waals surface area contributed by atoms with Gasteiger partial charge in [-0.15, -0.1) is 0 Å². The van der Waals surface area contributed by atoms with Crippen molar-refractivity contribution in [3.63, 3.8) is 0 Å². The highest BCUT2D eigenvalue weighted by molar-refractivity contribution is 6.24. The van der Waals surface area contributed by atoms with Crippen LogP contribution in [0.4, 0.5) is 0 Å². The van der Waals surface area contributed by atoms with Crippen LogP contribution in [0.25, 0.3) is 6.08 Å². The number of benzene rings is 1. The van der Waals surface area contributed by atoms with Crippen LogP contribution in [0.1, 0.15) is 45.8 Å². The number of hydrogen-bond acceptors (Lipinski definition) is 3. The smallest absolute Gasteiger partial charge is 0.174 e. The molecule has 0 amide bonds. The van der Waals surface area contributed by atoms with Crippen LogP contribution >= 0.6 is 0 Å². The minimum Gasteiger partial charge on any atom is -0.298 e. The van der Waals surface area contributed by atoms with Gasteiger partial charge in [0, 0.05) is 18.2 Å². The summed E-state index contributed by atoms with van der Waals surface area (Å²) in [6.07, 6.45) is 3.66. The zero-order chi connectivity index (χ0) is 17.4. The quantitative estimate of drug-likeness (QED) is 0.620. The minimum atomic E-state index is -0.666. The number of aromatic nitrogens is 1. The van der Waals surface area contributed by atoms with E-state index >= 15 is 0 Å². The van der Waals surface area contributed by atoms with Crippen molar-refractivity contribution in [2.45, 2.75) is 40.0 Å². The monoisotopic (exact) mass is 319 g/mol. The third kappa shape index (κ3) is 2.82. The Hall–Kier alpha value is -2.55. The maximum absolute atomic E-state index is 12.9. The van der Waals surface area contributed by atoms with Crippen LogP contribution < -0.4 is 0 Å². The lowest BCUT2D eigenvalue weighted by atomic mass is 9.87. The molecule has 0 N–H and O–H groups in total. The molecular formula is C21H21NO2. The Morgan fingerprint density at radius 1 is 1.04 bits per heavy atom. The first-order valence-corrected chi connectivity index (χ1v) is 8.15. The molecule has 1 saturated carbocycles. The zero-order valence-electron chi connectivity index (χ0n) is 14.5. The van der Waals surface area contributed by atoms with Gasteiger partial charge in [0.15, 0.2) is 11.6 Å². The summed E-state index contributed by atoms with van der Waals surface area (Å²) in [5, 5.41) is 0. The average Bonchev–Trinajstić information content (AvgIpc) is 2.76. The van der Waals surface area contributed by atoms with Crippen molar-refractivity contribution in [2.24, 2.45) is 0 Å². The van der Waals surface area contributed by atoms with E-state index in [1.807, 2.05) is 52.0 Å². The van der Waals surface area contributed by atoms with Gasteiger partial charge in [0.25, 0.3) is 0 Å². The molecule has 0 radical (unpaired) electrons. The molecule has 3 heteroatoms. The normalized spacial score (nSPS) is 19.3. The third-order valence-electron chi connectivity index (χ3n) is 4.65. The van der Waals surface area contributed by atoms with Crippen molar-refractivity contribution in [1.29, 1.82) is 0 Å². The summed E-state index contributed by atoms with van der Waals surface area (Å²) in [4.78, 5) is 29.8. The molecule has 0 aliphatic heterocycles. The molecule has 1 heterocycles. The lowest BCUT2D eigenvalue weighted by Gasteiger charge is -2.15. The number of pyridine rings is 1. The number of ketones is 2. The van der Waals surface area contributed by atoms with Gasteiger partial charge >= 0.3 is 0 Å². The van der Waals surface area contributed by atoms with Crippen molar-refractivity contribution in [1.82, 2.24) is 4.98 Å². The number of carbonyl (C=O) groups is 2. The standard InChI is InChI=1S/C21H21NO2/c1-12-8-14(3)19(15(4)9-12)20-18(23)11-16(21(20)24)10-17-13(2)6-5-7-22-17/h5-10,20H,11H2,1-4H3. The molecule has 122 valence electrons. The van der Waals surface area contributed by atoms with Gasteiger partial charge in [-0.05, 0) is 62.1 Å². The summed E-state index contributed by atoms with van der Waals surface area (Å²) >= 11 is 0. The highest BCUT2D eigenvalue weighted by Crippen LogP contribution is 2.36. The van der Waals surface area contributed by atoms with Crippen LogP contribution in [0.5, 0.6) is 0 Å². The Morgan fingerprint density at radius 3 is 2.33 bits per heavy atom. The number of Topliss-reactive ketones (excluding diaryl/α,β-unsaturated/α-hetero) is 2. The van der Waals surface area contributed by atoms with Crippen molar-refractivity contribution in [3.8, 4) is 0 Å². The summed E-state index contributed by atoms with van der Waals surface area (Å²) in [6.45, 7) is 7.92. The van der Waals surface area contributed by atoms with E-state index in [1.165, 1.54) is 0 Å². The van der Waals surface area contributed by atoms with Gasteiger partial charge in [-0.1, -0.05) is 23.8 Å². The lowest BCUT2D eigenvalue weighted by molar-refractivity contribution is -0.123. The molecule has 1 atom stereocenters. The lowest BCUT2D eigenvalue weighted by Crippen LogP contribution is -2.15. The molecule has 0 saturated heterocycles. The molecule has 24 heavy (non-hydrogen) atoms. The summed E-state index contributed by atoms with van der Waals surface area (Å²) in [6, 6.07) is 7.88. The van der Waals surface area contributed by atoms with E-state index in [0.29, 0.717) is 5.57 Å². The van der Waals surface area contributed by atoms with Crippen molar-refractivity contribution < 1.29 is 9.59 Å². The van der Waals surface area contributed by atoms with Crippen LogP contribution in [0, 0.1) is 27.7 Å². The highest BCUT2D eigenvalue weighted by Gasteiger charge is 2.39. The number of rotatable bonds is 2. The van der Waals surface area contributed by atoms with Crippen molar-refractivity contribution >= 4 is 17.6 Å². The SMILES string of the molecule is Cc1cc(C)c(C2C(=O)CC(=Cc3ncccc3C)C2=O)c(C)c1. The summed E-state index contributed by atoms with van der Waals surface area (Å²) < 4.78 is 0. The number of nitrogens with zero attached hydrogens (tertiary/aromatic N) is 1. The van der Waals surface area contributed by atoms with Crippen LogP contribution in [-0.4, -0.2) is 16.6 Å². The van der Waals surface area contributed by atoms with E-state index in [0.717, 1.165) is 33.5 Å². The molecule has 1 unspecified atom stereocenters. The molecule has 3 rings (SSSR count). The fraction of sp³-hybridized carbons (Fsp3) is 0.286. The number of hydrogen-bond donors (Lipinski definition) is 0. The van der Waals surface area contributed by atoms with Crippen LogP contribution in [-0.2, 0) is 9.59 Å². The Balaban J connectivity index is 2.04. The summed E-state index contributed by atoms with van der Waals surface area (Å²) in [5.41, 5.74) is 6.35. The van der Waals surface area contributed by atoms with Gasteiger partial charge in [0.1, 0.15) is 5.92 Å². The topological polar surface area (TPSA) is 47.0 Å². The highest BCUT2D eigenvalue weighted by atomic mass is 16.2. The van der Waals surface area contributed by atoms with E-state index in [-0.39, 0.29) is 18.0 Å². The van der Waals surface area contributed by atoms with Crippen LogP contribution in [0.2, 0.25) is 0 Å². The molecule has 1 aliphatic carbocycles. The fourth-order valence-electron chi connectivity index (χ4n) is 3.58. The van der Waals surface area contributed by atoms with Crippen molar-refractivity contribution in [2.75, 3.05) is 0 Å². The van der Waals surface area contributed by atoms with E-state index in [9.17, 15) is 9.59 Å². The molecule has 1 aliphatic rings. The number of aryl methyl sites for hydroxylation is 4. The first-order chi connectivity index (χ1) is 11.4. The second kappa shape index (κ2) is 6.16. The second-order valence-corrected chi connectivity index (χ2v) is 6.63. The Labute approximate surface area is 142 Å². The van der Waals surface area contributed by atoms with Crippen LogP contribution in [0.15, 0.2) is 36.0 Å². The van der Waals surface area contributed by atoms with Gasteiger partial charge in [0.2, 0.25) is 0 Å². The predicted molar refractivity (Wildman–Crippen MR) is 95.0 cm³/mol. The molecular weight excluding hydrogens is 298 g/mol. The first-order valence-electron chi connectivity index (χ1n) is 8.15. The molecule has 1 aromatic carbocycles. The third-order valence-corrected chi connectivity index (χ3v) is 4.65.